The maximum Gasteiger partial charge on any atom is 0.252 e. The molecule has 1 heterocycles. The molecule has 108 valence electrons. The van der Waals surface area contributed by atoms with Crippen molar-refractivity contribution in [2.75, 3.05) is 0 Å². The summed E-state index contributed by atoms with van der Waals surface area (Å²) in [6.45, 7) is 1.09. The second kappa shape index (κ2) is 6.55. The van der Waals surface area contributed by atoms with Crippen LogP contribution in [0.3, 0.4) is 0 Å². The maximum absolute atomic E-state index is 8.73. The van der Waals surface area contributed by atoms with Crippen molar-refractivity contribution in [3.05, 3.63) is 77.9 Å². The van der Waals surface area contributed by atoms with Gasteiger partial charge in [-0.3, -0.25) is 0 Å². The molecule has 0 unspecified atom stereocenters. The van der Waals surface area contributed by atoms with Gasteiger partial charge in [-0.05, 0) is 23.3 Å². The highest BCUT2D eigenvalue weighted by atomic mass is 16.5. The van der Waals surface area contributed by atoms with Crippen molar-refractivity contribution in [3.63, 3.8) is 0 Å². The standard InChI is InChI=1S/C17H14N4O/c18-10-17-19-13-21(20-17)11-15-7-4-8-16(9-15)22-12-14-5-2-1-3-6-14/h1-9,13H,11-12H2. The van der Waals surface area contributed by atoms with Crippen LogP contribution in [0.1, 0.15) is 17.0 Å². The highest BCUT2D eigenvalue weighted by molar-refractivity contribution is 5.29. The Morgan fingerprint density at radius 1 is 1.05 bits per heavy atom. The number of aromatic nitrogens is 3. The predicted octanol–water partition coefficient (Wildman–Crippen LogP) is 2.78. The smallest absolute Gasteiger partial charge is 0.252 e. The van der Waals surface area contributed by atoms with Crippen LogP contribution in [0.4, 0.5) is 0 Å². The molecule has 0 fully saturated rings. The van der Waals surface area contributed by atoms with Crippen molar-refractivity contribution >= 4 is 0 Å². The molecule has 0 spiro atoms. The summed E-state index contributed by atoms with van der Waals surface area (Å²) in [7, 11) is 0. The summed E-state index contributed by atoms with van der Waals surface area (Å²) >= 11 is 0. The van der Waals surface area contributed by atoms with Gasteiger partial charge in [0.2, 0.25) is 0 Å². The average Bonchev–Trinajstić information content (AvgIpc) is 3.02. The van der Waals surface area contributed by atoms with Gasteiger partial charge in [0, 0.05) is 0 Å². The number of rotatable bonds is 5. The largest absolute Gasteiger partial charge is 0.489 e. The lowest BCUT2D eigenvalue weighted by molar-refractivity contribution is 0.306. The van der Waals surface area contributed by atoms with E-state index in [0.29, 0.717) is 13.2 Å². The van der Waals surface area contributed by atoms with Gasteiger partial charge in [-0.15, -0.1) is 5.10 Å². The van der Waals surface area contributed by atoms with Gasteiger partial charge in [0.15, 0.2) is 0 Å². The molecule has 5 nitrogen and oxygen atoms in total. The Labute approximate surface area is 128 Å². The van der Waals surface area contributed by atoms with Gasteiger partial charge in [-0.2, -0.15) is 5.26 Å². The van der Waals surface area contributed by atoms with E-state index in [1.807, 2.05) is 60.7 Å². The average molecular weight is 290 g/mol. The first kappa shape index (κ1) is 13.8. The number of benzene rings is 2. The van der Waals surface area contributed by atoms with E-state index in [9.17, 15) is 0 Å². The Morgan fingerprint density at radius 3 is 2.64 bits per heavy atom. The van der Waals surface area contributed by atoms with E-state index in [1.54, 1.807) is 11.0 Å². The fraction of sp³-hybridized carbons (Fsp3) is 0.118. The zero-order chi connectivity index (χ0) is 15.2. The molecule has 0 aliphatic rings. The summed E-state index contributed by atoms with van der Waals surface area (Å²) < 4.78 is 7.43. The number of hydrogen-bond donors (Lipinski definition) is 0. The number of ether oxygens (including phenoxy) is 1. The second-order valence-corrected chi connectivity index (χ2v) is 4.80. The molecule has 2 aromatic carbocycles. The normalized spacial score (nSPS) is 10.1. The first-order valence-electron chi connectivity index (χ1n) is 6.89. The molecule has 5 heteroatoms. The van der Waals surface area contributed by atoms with Crippen LogP contribution in [0, 0.1) is 11.3 Å². The molecule has 3 aromatic rings. The molecular formula is C17H14N4O. The topological polar surface area (TPSA) is 63.7 Å². The lowest BCUT2D eigenvalue weighted by Gasteiger charge is -2.08. The molecule has 22 heavy (non-hydrogen) atoms. The summed E-state index contributed by atoms with van der Waals surface area (Å²) in [4.78, 5) is 3.89. The van der Waals surface area contributed by atoms with Crippen LogP contribution < -0.4 is 4.74 Å². The Kier molecular flexibility index (Phi) is 4.12. The predicted molar refractivity (Wildman–Crippen MR) is 81.1 cm³/mol. The minimum absolute atomic E-state index is 0.177. The van der Waals surface area contributed by atoms with E-state index in [2.05, 4.69) is 10.1 Å². The number of nitriles is 1. The molecule has 0 bridgehead atoms. The van der Waals surface area contributed by atoms with Crippen LogP contribution in [-0.2, 0) is 13.2 Å². The SMILES string of the molecule is N#Cc1ncn(Cc2cccc(OCc3ccccc3)c2)n1. The quantitative estimate of drug-likeness (QED) is 0.725. The third-order valence-electron chi connectivity index (χ3n) is 3.13. The van der Waals surface area contributed by atoms with Crippen LogP contribution in [0.2, 0.25) is 0 Å². The Bertz CT molecular complexity index is 790. The van der Waals surface area contributed by atoms with Crippen molar-refractivity contribution < 1.29 is 4.74 Å². The minimum atomic E-state index is 0.177. The van der Waals surface area contributed by atoms with Gasteiger partial charge in [0.1, 0.15) is 24.8 Å². The Morgan fingerprint density at radius 2 is 1.86 bits per heavy atom. The van der Waals surface area contributed by atoms with Crippen molar-refractivity contribution in [2.45, 2.75) is 13.2 Å². The van der Waals surface area contributed by atoms with Gasteiger partial charge in [-0.25, -0.2) is 9.67 Å². The summed E-state index contributed by atoms with van der Waals surface area (Å²) in [6, 6.07) is 19.8. The molecule has 0 radical (unpaired) electrons. The van der Waals surface area contributed by atoms with Crippen LogP contribution in [0.5, 0.6) is 5.75 Å². The molecule has 0 saturated heterocycles. The van der Waals surface area contributed by atoms with E-state index in [0.717, 1.165) is 16.9 Å². The first-order chi connectivity index (χ1) is 10.8. The Balaban J connectivity index is 1.66. The van der Waals surface area contributed by atoms with Crippen molar-refractivity contribution in [2.24, 2.45) is 0 Å². The zero-order valence-corrected chi connectivity index (χ0v) is 11.9. The first-order valence-corrected chi connectivity index (χ1v) is 6.89. The molecule has 0 aliphatic carbocycles. The molecule has 0 amide bonds. The molecular weight excluding hydrogens is 276 g/mol. The van der Waals surface area contributed by atoms with Crippen molar-refractivity contribution in [3.8, 4) is 11.8 Å². The van der Waals surface area contributed by atoms with Gasteiger partial charge >= 0.3 is 0 Å². The van der Waals surface area contributed by atoms with Crippen LogP contribution in [0.15, 0.2) is 60.9 Å². The lowest BCUT2D eigenvalue weighted by Crippen LogP contribution is -2.01. The highest BCUT2D eigenvalue weighted by Gasteiger charge is 2.02. The van der Waals surface area contributed by atoms with Crippen LogP contribution in [-0.4, -0.2) is 14.8 Å². The third kappa shape index (κ3) is 3.49. The van der Waals surface area contributed by atoms with E-state index < -0.39 is 0 Å². The zero-order valence-electron chi connectivity index (χ0n) is 11.9. The summed E-state index contributed by atoms with van der Waals surface area (Å²) in [5, 5.41) is 12.8. The second-order valence-electron chi connectivity index (χ2n) is 4.80. The van der Waals surface area contributed by atoms with E-state index in [4.69, 9.17) is 10.00 Å². The molecule has 1 aromatic heterocycles. The monoisotopic (exact) mass is 290 g/mol. The van der Waals surface area contributed by atoms with Gasteiger partial charge in [0.05, 0.1) is 6.54 Å². The van der Waals surface area contributed by atoms with Crippen LogP contribution >= 0.6 is 0 Å². The number of hydrogen-bond acceptors (Lipinski definition) is 4. The molecule has 0 aliphatic heterocycles. The third-order valence-corrected chi connectivity index (χ3v) is 3.13. The van der Waals surface area contributed by atoms with Crippen molar-refractivity contribution in [1.82, 2.24) is 14.8 Å². The van der Waals surface area contributed by atoms with Crippen LogP contribution in [0.25, 0.3) is 0 Å². The molecule has 0 N–H and O–H groups in total. The molecule has 0 saturated carbocycles. The van der Waals surface area contributed by atoms with Gasteiger partial charge in [-0.1, -0.05) is 42.5 Å². The fourth-order valence-corrected chi connectivity index (χ4v) is 2.08. The summed E-state index contributed by atoms with van der Waals surface area (Å²) in [6.07, 6.45) is 1.55. The van der Waals surface area contributed by atoms with E-state index >= 15 is 0 Å². The fourth-order valence-electron chi connectivity index (χ4n) is 2.08. The molecule has 0 atom stereocenters. The van der Waals surface area contributed by atoms with Gasteiger partial charge in [0.25, 0.3) is 5.82 Å². The maximum atomic E-state index is 8.73. The molecule has 3 rings (SSSR count). The minimum Gasteiger partial charge on any atom is -0.489 e. The highest BCUT2D eigenvalue weighted by Crippen LogP contribution is 2.16. The van der Waals surface area contributed by atoms with E-state index in [1.165, 1.54) is 0 Å². The number of nitrogens with zero attached hydrogens (tertiary/aromatic N) is 4. The summed E-state index contributed by atoms with van der Waals surface area (Å²) in [5.74, 6) is 0.985. The lowest BCUT2D eigenvalue weighted by atomic mass is 10.2. The van der Waals surface area contributed by atoms with Gasteiger partial charge < -0.3 is 4.74 Å². The van der Waals surface area contributed by atoms with E-state index in [-0.39, 0.29) is 5.82 Å². The van der Waals surface area contributed by atoms with Crippen molar-refractivity contribution in [1.29, 1.82) is 5.26 Å². The summed E-state index contributed by atoms with van der Waals surface area (Å²) in [5.41, 5.74) is 2.17. The Hall–Kier alpha value is -3.13.